The van der Waals surface area contributed by atoms with Crippen molar-refractivity contribution in [3.05, 3.63) is 30.2 Å². The lowest BCUT2D eigenvalue weighted by molar-refractivity contribution is 0.0120. The van der Waals surface area contributed by atoms with E-state index in [2.05, 4.69) is 0 Å². The molecule has 1 fully saturated rings. The van der Waals surface area contributed by atoms with Crippen LogP contribution in [0.25, 0.3) is 0 Å². The molecule has 2 aliphatic heterocycles. The summed E-state index contributed by atoms with van der Waals surface area (Å²) in [5.41, 5.74) is -0.458. The molecule has 22 heavy (non-hydrogen) atoms. The summed E-state index contributed by atoms with van der Waals surface area (Å²) >= 11 is 0. The molecule has 0 spiro atoms. The van der Waals surface area contributed by atoms with E-state index >= 15 is 0 Å². The van der Waals surface area contributed by atoms with Crippen LogP contribution in [0.3, 0.4) is 0 Å². The third-order valence-electron chi connectivity index (χ3n) is 3.71. The van der Waals surface area contributed by atoms with E-state index in [1.807, 2.05) is 45.0 Å². The fourth-order valence-corrected chi connectivity index (χ4v) is 2.60. The van der Waals surface area contributed by atoms with Gasteiger partial charge in [0.25, 0.3) is 0 Å². The number of likely N-dealkylation sites (tertiary alicyclic amines) is 1. The Morgan fingerprint density at radius 3 is 2.18 bits per heavy atom. The largest absolute Gasteiger partial charge is 0.450 e. The van der Waals surface area contributed by atoms with E-state index in [1.54, 1.807) is 4.90 Å². The monoisotopic (exact) mass is 304 g/mol. The summed E-state index contributed by atoms with van der Waals surface area (Å²) < 4.78 is 17.1. The minimum Gasteiger partial charge on any atom is -0.450 e. The average Bonchev–Trinajstić information content (AvgIpc) is 2.89. The number of ether oxygens (including phenoxy) is 3. The Kier molecular flexibility index (Phi) is 3.89. The van der Waals surface area contributed by atoms with Crippen molar-refractivity contribution in [2.24, 2.45) is 0 Å². The quantitative estimate of drug-likeness (QED) is 0.798. The van der Waals surface area contributed by atoms with Crippen LogP contribution in [-0.2, 0) is 4.74 Å². The third kappa shape index (κ3) is 3.29. The summed E-state index contributed by atoms with van der Waals surface area (Å²) in [6, 6.07) is 7.68. The minimum atomic E-state index is -0.458. The Bertz CT molecular complexity index is 519. The van der Waals surface area contributed by atoms with Crippen LogP contribution in [-0.4, -0.2) is 36.0 Å². The highest BCUT2D eigenvalue weighted by Crippen LogP contribution is 2.39. The van der Waals surface area contributed by atoms with Crippen LogP contribution >= 0.6 is 0 Å². The average molecular weight is 304 g/mol. The Hall–Kier alpha value is -1.91. The van der Waals surface area contributed by atoms with Gasteiger partial charge in [-0.05, 0) is 45.7 Å². The second kappa shape index (κ2) is 5.71. The SMILES string of the molecule is CC(C)(C)OC(=O)N1CC[C](C2Oc3ccccc3O2)CC1. The second-order valence-electron chi connectivity index (χ2n) is 6.64. The summed E-state index contributed by atoms with van der Waals surface area (Å²) in [6.45, 7) is 6.92. The number of hydrogen-bond acceptors (Lipinski definition) is 4. The van der Waals surface area contributed by atoms with Crippen molar-refractivity contribution in [1.82, 2.24) is 4.90 Å². The summed E-state index contributed by atoms with van der Waals surface area (Å²) in [6.07, 6.45) is 0.983. The molecular formula is C17H22NO4. The maximum absolute atomic E-state index is 12.1. The molecule has 0 aromatic heterocycles. The Labute approximate surface area is 131 Å². The zero-order valence-electron chi connectivity index (χ0n) is 13.3. The van der Waals surface area contributed by atoms with Gasteiger partial charge < -0.3 is 19.1 Å². The minimum absolute atomic E-state index is 0.247. The molecule has 1 amide bonds. The highest BCUT2D eigenvalue weighted by atomic mass is 16.7. The van der Waals surface area contributed by atoms with Gasteiger partial charge in [0, 0.05) is 13.1 Å². The van der Waals surface area contributed by atoms with Crippen LogP contribution in [0.15, 0.2) is 24.3 Å². The Morgan fingerprint density at radius 1 is 1.14 bits per heavy atom. The molecule has 1 saturated heterocycles. The second-order valence-corrected chi connectivity index (χ2v) is 6.64. The summed E-state index contributed by atoms with van der Waals surface area (Å²) in [5.74, 6) is 2.76. The fraction of sp³-hybridized carbons (Fsp3) is 0.529. The highest BCUT2D eigenvalue weighted by molar-refractivity contribution is 5.68. The van der Waals surface area contributed by atoms with Gasteiger partial charge >= 0.3 is 6.09 Å². The zero-order chi connectivity index (χ0) is 15.7. The molecule has 2 heterocycles. The lowest BCUT2D eigenvalue weighted by atomic mass is 9.96. The van der Waals surface area contributed by atoms with Crippen molar-refractivity contribution >= 4 is 6.09 Å². The van der Waals surface area contributed by atoms with Crippen molar-refractivity contribution in [1.29, 1.82) is 0 Å². The first-order valence-electron chi connectivity index (χ1n) is 7.67. The number of benzene rings is 1. The molecule has 3 rings (SSSR count). The Balaban J connectivity index is 1.52. The van der Waals surface area contributed by atoms with Crippen molar-refractivity contribution in [2.45, 2.75) is 45.5 Å². The van der Waals surface area contributed by atoms with Crippen molar-refractivity contribution in [3.8, 4) is 11.5 Å². The summed E-state index contributed by atoms with van der Waals surface area (Å²) in [5, 5.41) is 0. The van der Waals surface area contributed by atoms with Gasteiger partial charge in [0.1, 0.15) is 5.60 Å². The molecule has 2 aliphatic rings. The van der Waals surface area contributed by atoms with Crippen LogP contribution in [0, 0.1) is 5.92 Å². The molecular weight excluding hydrogens is 282 g/mol. The first-order valence-corrected chi connectivity index (χ1v) is 7.67. The molecule has 1 aromatic carbocycles. The van der Waals surface area contributed by atoms with Gasteiger partial charge in [0.15, 0.2) is 11.5 Å². The number of nitrogens with zero attached hydrogens (tertiary/aromatic N) is 1. The van der Waals surface area contributed by atoms with Gasteiger partial charge in [-0.25, -0.2) is 4.79 Å². The van der Waals surface area contributed by atoms with Crippen LogP contribution in [0.5, 0.6) is 11.5 Å². The molecule has 5 nitrogen and oxygen atoms in total. The normalized spacial score (nSPS) is 19.3. The highest BCUT2D eigenvalue weighted by Gasteiger charge is 2.36. The first-order chi connectivity index (χ1) is 10.4. The lowest BCUT2D eigenvalue weighted by Gasteiger charge is -2.34. The number of piperidine rings is 1. The van der Waals surface area contributed by atoms with E-state index in [4.69, 9.17) is 14.2 Å². The number of amides is 1. The van der Waals surface area contributed by atoms with Crippen LogP contribution in [0.1, 0.15) is 33.6 Å². The van der Waals surface area contributed by atoms with E-state index in [9.17, 15) is 4.79 Å². The summed E-state index contributed by atoms with van der Waals surface area (Å²) in [4.78, 5) is 13.8. The predicted octanol–water partition coefficient (Wildman–Crippen LogP) is 3.39. The van der Waals surface area contributed by atoms with Gasteiger partial charge in [-0.15, -0.1) is 0 Å². The molecule has 0 saturated carbocycles. The molecule has 0 unspecified atom stereocenters. The molecule has 0 bridgehead atoms. The van der Waals surface area contributed by atoms with Gasteiger partial charge in [-0.1, -0.05) is 12.1 Å². The smallest absolute Gasteiger partial charge is 0.410 e. The lowest BCUT2D eigenvalue weighted by Crippen LogP contribution is -2.44. The molecule has 1 radical (unpaired) electrons. The molecule has 0 atom stereocenters. The molecule has 1 aromatic rings. The van der Waals surface area contributed by atoms with Crippen molar-refractivity contribution in [2.75, 3.05) is 13.1 Å². The Morgan fingerprint density at radius 2 is 1.68 bits per heavy atom. The van der Waals surface area contributed by atoms with E-state index < -0.39 is 5.60 Å². The van der Waals surface area contributed by atoms with Gasteiger partial charge in [-0.3, -0.25) is 0 Å². The van der Waals surface area contributed by atoms with Crippen LogP contribution in [0.4, 0.5) is 4.79 Å². The fourth-order valence-electron chi connectivity index (χ4n) is 2.60. The maximum atomic E-state index is 12.1. The third-order valence-corrected chi connectivity index (χ3v) is 3.71. The topological polar surface area (TPSA) is 48.0 Å². The molecule has 5 heteroatoms. The van der Waals surface area contributed by atoms with Crippen molar-refractivity contribution in [3.63, 3.8) is 0 Å². The molecule has 0 N–H and O–H groups in total. The van der Waals surface area contributed by atoms with Crippen LogP contribution < -0.4 is 9.47 Å². The number of rotatable bonds is 1. The predicted molar refractivity (Wildman–Crippen MR) is 81.8 cm³/mol. The number of hydrogen-bond donors (Lipinski definition) is 0. The van der Waals surface area contributed by atoms with Crippen LogP contribution in [0.2, 0.25) is 0 Å². The number of carbonyl (C=O) groups is 1. The zero-order valence-corrected chi connectivity index (χ0v) is 13.3. The van der Waals surface area contributed by atoms with E-state index in [0.717, 1.165) is 24.3 Å². The molecule has 119 valence electrons. The first kappa shape index (κ1) is 15.0. The number of carbonyl (C=O) groups excluding carboxylic acids is 1. The maximum Gasteiger partial charge on any atom is 0.410 e. The number of para-hydroxylation sites is 2. The van der Waals surface area contributed by atoms with Crippen molar-refractivity contribution < 1.29 is 19.0 Å². The molecule has 0 aliphatic carbocycles. The summed E-state index contributed by atoms with van der Waals surface area (Å²) in [7, 11) is 0. The van der Waals surface area contributed by atoms with Gasteiger partial charge in [0.2, 0.25) is 6.29 Å². The number of fused-ring (bicyclic) bond motifs is 1. The standard InChI is InChI=1S/C17H22NO4/c1-17(2,3)22-16(19)18-10-8-12(9-11-18)15-20-13-6-4-5-7-14(13)21-15/h4-7,15H,8-11H2,1-3H3. The van der Waals surface area contributed by atoms with Gasteiger partial charge in [-0.2, -0.15) is 0 Å². The van der Waals surface area contributed by atoms with E-state index in [-0.39, 0.29) is 12.4 Å². The van der Waals surface area contributed by atoms with E-state index in [1.165, 1.54) is 5.92 Å². The van der Waals surface area contributed by atoms with Gasteiger partial charge in [0.05, 0.1) is 5.92 Å². The van der Waals surface area contributed by atoms with E-state index in [0.29, 0.717) is 13.1 Å².